The third kappa shape index (κ3) is 4.39. The Kier molecular flexibility index (Phi) is 6.56. The van der Waals surface area contributed by atoms with Gasteiger partial charge in [-0.2, -0.15) is 0 Å². The minimum Gasteiger partial charge on any atom is -0.496 e. The van der Waals surface area contributed by atoms with Crippen LogP contribution in [0, 0.1) is 5.92 Å². The first kappa shape index (κ1) is 17.1. The molecule has 0 N–H and O–H groups in total. The zero-order valence-electron chi connectivity index (χ0n) is 13.5. The maximum atomic E-state index is 12.4. The van der Waals surface area contributed by atoms with E-state index in [1.54, 1.807) is 26.4 Å². The second-order valence-corrected chi connectivity index (χ2v) is 6.41. The van der Waals surface area contributed by atoms with E-state index in [2.05, 4.69) is 0 Å². The summed E-state index contributed by atoms with van der Waals surface area (Å²) >= 11 is 6.13. The van der Waals surface area contributed by atoms with Gasteiger partial charge in [0.2, 0.25) is 0 Å². The van der Waals surface area contributed by atoms with Crippen LogP contribution < -0.4 is 9.47 Å². The Morgan fingerprint density at radius 2 is 1.82 bits per heavy atom. The highest BCUT2D eigenvalue weighted by Gasteiger charge is 2.18. The van der Waals surface area contributed by atoms with Crippen molar-refractivity contribution in [3.05, 3.63) is 22.7 Å². The summed E-state index contributed by atoms with van der Waals surface area (Å²) in [6.45, 7) is 0. The standard InChI is InChI=1S/C18H25ClO3/c1-21-17-12-18(22-2)15(19)11-14(17)16(20)10-6-9-13-7-4-3-5-8-13/h11-13H,3-10H2,1-2H3. The maximum Gasteiger partial charge on any atom is 0.166 e. The van der Waals surface area contributed by atoms with Gasteiger partial charge < -0.3 is 9.47 Å². The highest BCUT2D eigenvalue weighted by molar-refractivity contribution is 6.32. The van der Waals surface area contributed by atoms with Gasteiger partial charge in [-0.3, -0.25) is 4.79 Å². The monoisotopic (exact) mass is 324 g/mol. The van der Waals surface area contributed by atoms with Crippen LogP contribution in [0.1, 0.15) is 61.7 Å². The molecule has 0 heterocycles. The van der Waals surface area contributed by atoms with E-state index in [1.807, 2.05) is 0 Å². The first-order valence-corrected chi connectivity index (χ1v) is 8.48. The fourth-order valence-corrected chi connectivity index (χ4v) is 3.48. The first-order valence-electron chi connectivity index (χ1n) is 8.10. The summed E-state index contributed by atoms with van der Waals surface area (Å²) in [4.78, 5) is 12.4. The zero-order chi connectivity index (χ0) is 15.9. The normalized spacial score (nSPS) is 15.6. The van der Waals surface area contributed by atoms with Crippen LogP contribution in [-0.2, 0) is 0 Å². The van der Waals surface area contributed by atoms with Crippen LogP contribution >= 0.6 is 11.6 Å². The summed E-state index contributed by atoms with van der Waals surface area (Å²) in [7, 11) is 3.10. The number of hydrogen-bond donors (Lipinski definition) is 0. The van der Waals surface area contributed by atoms with Crippen molar-refractivity contribution in [2.45, 2.75) is 51.4 Å². The molecule has 122 valence electrons. The molecule has 4 heteroatoms. The van der Waals surface area contributed by atoms with Crippen molar-refractivity contribution in [1.29, 1.82) is 0 Å². The molecule has 1 aromatic rings. The first-order chi connectivity index (χ1) is 10.7. The van der Waals surface area contributed by atoms with Crippen molar-refractivity contribution in [2.75, 3.05) is 14.2 Å². The number of carbonyl (C=O) groups is 1. The highest BCUT2D eigenvalue weighted by Crippen LogP contribution is 2.34. The molecule has 22 heavy (non-hydrogen) atoms. The summed E-state index contributed by atoms with van der Waals surface area (Å²) in [6, 6.07) is 3.33. The fourth-order valence-electron chi connectivity index (χ4n) is 3.24. The summed E-state index contributed by atoms with van der Waals surface area (Å²) in [5.41, 5.74) is 0.553. The van der Waals surface area contributed by atoms with E-state index in [9.17, 15) is 4.79 Å². The number of ketones is 1. The minimum atomic E-state index is 0.0946. The van der Waals surface area contributed by atoms with Crippen LogP contribution in [0.4, 0.5) is 0 Å². The van der Waals surface area contributed by atoms with Crippen molar-refractivity contribution in [2.24, 2.45) is 5.92 Å². The highest BCUT2D eigenvalue weighted by atomic mass is 35.5. The van der Waals surface area contributed by atoms with Gasteiger partial charge >= 0.3 is 0 Å². The molecule has 0 amide bonds. The molecular weight excluding hydrogens is 300 g/mol. The van der Waals surface area contributed by atoms with Gasteiger partial charge in [0.25, 0.3) is 0 Å². The summed E-state index contributed by atoms with van der Waals surface area (Å²) < 4.78 is 10.5. The smallest absolute Gasteiger partial charge is 0.166 e. The van der Waals surface area contributed by atoms with Crippen LogP contribution in [-0.4, -0.2) is 20.0 Å². The molecule has 1 fully saturated rings. The van der Waals surface area contributed by atoms with Crippen LogP contribution in [0.2, 0.25) is 5.02 Å². The minimum absolute atomic E-state index is 0.0946. The van der Waals surface area contributed by atoms with E-state index >= 15 is 0 Å². The maximum absolute atomic E-state index is 12.4. The van der Waals surface area contributed by atoms with Gasteiger partial charge in [0, 0.05) is 12.5 Å². The predicted octanol–water partition coefficient (Wildman–Crippen LogP) is 5.29. The molecule has 0 bridgehead atoms. The predicted molar refractivity (Wildman–Crippen MR) is 89.3 cm³/mol. The Balaban J connectivity index is 1.95. The van der Waals surface area contributed by atoms with Gasteiger partial charge in [0.05, 0.1) is 24.8 Å². The van der Waals surface area contributed by atoms with E-state index in [-0.39, 0.29) is 5.78 Å². The Hall–Kier alpha value is -1.22. The average molecular weight is 325 g/mol. The van der Waals surface area contributed by atoms with Crippen LogP contribution in [0.5, 0.6) is 11.5 Å². The molecule has 1 saturated carbocycles. The van der Waals surface area contributed by atoms with Gasteiger partial charge in [0.1, 0.15) is 11.5 Å². The summed E-state index contributed by atoms with van der Waals surface area (Å²) in [5.74, 6) is 1.96. The molecule has 0 atom stereocenters. The van der Waals surface area contributed by atoms with E-state index in [0.717, 1.165) is 18.8 Å². The number of ether oxygens (including phenoxy) is 2. The summed E-state index contributed by atoms with van der Waals surface area (Å²) in [5, 5.41) is 0.443. The second kappa shape index (κ2) is 8.42. The topological polar surface area (TPSA) is 35.5 Å². The van der Waals surface area contributed by atoms with Crippen LogP contribution in [0.15, 0.2) is 12.1 Å². The van der Waals surface area contributed by atoms with Crippen LogP contribution in [0.3, 0.4) is 0 Å². The molecule has 0 unspecified atom stereocenters. The Bertz CT molecular complexity index is 507. The lowest BCUT2D eigenvalue weighted by atomic mass is 9.85. The number of Topliss-reactive ketones (excluding diaryl/α,β-unsaturated/α-hetero) is 1. The number of methoxy groups -OCH3 is 2. The molecule has 0 aromatic heterocycles. The van der Waals surface area contributed by atoms with Crippen LogP contribution in [0.25, 0.3) is 0 Å². The lowest BCUT2D eigenvalue weighted by Crippen LogP contribution is -2.08. The van der Waals surface area contributed by atoms with Gasteiger partial charge in [-0.1, -0.05) is 50.1 Å². The number of halogens is 1. The molecule has 1 aliphatic rings. The molecule has 0 radical (unpaired) electrons. The van der Waals surface area contributed by atoms with E-state index in [4.69, 9.17) is 21.1 Å². The van der Waals surface area contributed by atoms with Gasteiger partial charge in [-0.05, 0) is 18.4 Å². The third-order valence-electron chi connectivity index (χ3n) is 4.52. The number of hydrogen-bond acceptors (Lipinski definition) is 3. The van der Waals surface area contributed by atoms with Crippen molar-refractivity contribution in [3.63, 3.8) is 0 Å². The van der Waals surface area contributed by atoms with Crippen molar-refractivity contribution >= 4 is 17.4 Å². The third-order valence-corrected chi connectivity index (χ3v) is 4.81. The van der Waals surface area contributed by atoms with E-state index in [1.165, 1.54) is 32.1 Å². The lowest BCUT2D eigenvalue weighted by molar-refractivity contribution is 0.0973. The largest absolute Gasteiger partial charge is 0.496 e. The Labute approximate surface area is 137 Å². The molecule has 1 aromatic carbocycles. The number of rotatable bonds is 7. The second-order valence-electron chi connectivity index (χ2n) is 6.01. The molecule has 0 saturated heterocycles. The van der Waals surface area contributed by atoms with Gasteiger partial charge in [-0.15, -0.1) is 0 Å². The molecular formula is C18H25ClO3. The van der Waals surface area contributed by atoms with Gasteiger partial charge in [-0.25, -0.2) is 0 Å². The van der Waals surface area contributed by atoms with E-state index in [0.29, 0.717) is 28.5 Å². The zero-order valence-corrected chi connectivity index (χ0v) is 14.2. The number of benzene rings is 1. The molecule has 2 rings (SSSR count). The Morgan fingerprint density at radius 3 is 2.45 bits per heavy atom. The Morgan fingerprint density at radius 1 is 1.14 bits per heavy atom. The molecule has 0 aliphatic heterocycles. The summed E-state index contributed by atoms with van der Waals surface area (Å²) in [6.07, 6.45) is 9.36. The number of carbonyl (C=O) groups excluding carboxylic acids is 1. The lowest BCUT2D eigenvalue weighted by Gasteiger charge is -2.21. The molecule has 1 aliphatic carbocycles. The quantitative estimate of drug-likeness (QED) is 0.639. The van der Waals surface area contributed by atoms with E-state index < -0.39 is 0 Å². The molecule has 3 nitrogen and oxygen atoms in total. The van der Waals surface area contributed by atoms with Crippen molar-refractivity contribution < 1.29 is 14.3 Å². The van der Waals surface area contributed by atoms with Crippen molar-refractivity contribution in [1.82, 2.24) is 0 Å². The fraction of sp³-hybridized carbons (Fsp3) is 0.611. The van der Waals surface area contributed by atoms with Gasteiger partial charge in [0.15, 0.2) is 5.78 Å². The van der Waals surface area contributed by atoms with Crippen molar-refractivity contribution in [3.8, 4) is 11.5 Å². The molecule has 0 spiro atoms. The SMILES string of the molecule is COc1cc(OC)c(C(=O)CCCC2CCCCC2)cc1Cl. The average Bonchev–Trinajstić information content (AvgIpc) is 2.55.